The number of anilines is 1. The Balaban J connectivity index is 1.50. The Morgan fingerprint density at radius 1 is 1.12 bits per heavy atom. The molecule has 7 heteroatoms. The van der Waals surface area contributed by atoms with Gasteiger partial charge in [-0.1, -0.05) is 36.4 Å². The molecule has 3 N–H and O–H groups in total. The number of aryl methyl sites for hydroxylation is 1. The lowest BCUT2D eigenvalue weighted by atomic mass is 10.00. The number of carbonyl (C=O) groups excluding carboxylic acids is 1. The summed E-state index contributed by atoms with van der Waals surface area (Å²) in [5.41, 5.74) is 8.76. The summed E-state index contributed by atoms with van der Waals surface area (Å²) < 4.78 is 0. The van der Waals surface area contributed by atoms with Crippen LogP contribution in [0.4, 0.5) is 5.69 Å². The first kappa shape index (κ1) is 21.9. The van der Waals surface area contributed by atoms with E-state index in [4.69, 9.17) is 10.1 Å². The Bertz CT molecular complexity index is 1450. The molecule has 0 fully saturated rings. The number of carbonyl (C=O) groups is 2. The lowest BCUT2D eigenvalue weighted by Crippen LogP contribution is -2.03. The van der Waals surface area contributed by atoms with Gasteiger partial charge in [0.25, 0.3) is 5.91 Å². The molecule has 1 aliphatic rings. The molecule has 1 amide bonds. The smallest absolute Gasteiger partial charge is 0.303 e. The number of aliphatic carboxylic acids is 1. The summed E-state index contributed by atoms with van der Waals surface area (Å²) in [7, 11) is 0. The van der Waals surface area contributed by atoms with E-state index in [0.29, 0.717) is 12.0 Å². The molecule has 3 heterocycles. The van der Waals surface area contributed by atoms with E-state index in [-0.39, 0.29) is 12.3 Å². The van der Waals surface area contributed by atoms with Gasteiger partial charge in [-0.3, -0.25) is 9.59 Å². The molecular weight excluding hydrogens is 446 g/mol. The summed E-state index contributed by atoms with van der Waals surface area (Å²) in [4.78, 5) is 31.9. The summed E-state index contributed by atoms with van der Waals surface area (Å²) in [5, 5.41) is 15.0. The highest BCUT2D eigenvalue weighted by Gasteiger charge is 2.26. The fraction of sp³-hybridized carbons (Fsp3) is 0.148. The Morgan fingerprint density at radius 3 is 2.68 bits per heavy atom. The number of fused-ring (bicyclic) bond motifs is 1. The minimum Gasteiger partial charge on any atom is -0.481 e. The molecule has 34 heavy (non-hydrogen) atoms. The number of hydrogen-bond acceptors (Lipinski definition) is 4. The van der Waals surface area contributed by atoms with Crippen molar-refractivity contribution in [1.29, 1.82) is 0 Å². The molecule has 4 aromatic rings. The van der Waals surface area contributed by atoms with Gasteiger partial charge < -0.3 is 15.4 Å². The van der Waals surface area contributed by atoms with E-state index in [9.17, 15) is 9.59 Å². The van der Waals surface area contributed by atoms with Crippen molar-refractivity contribution < 1.29 is 14.7 Å². The van der Waals surface area contributed by atoms with Crippen molar-refractivity contribution >= 4 is 40.5 Å². The van der Waals surface area contributed by atoms with Gasteiger partial charge in [-0.15, -0.1) is 11.3 Å². The van der Waals surface area contributed by atoms with Gasteiger partial charge in [0, 0.05) is 45.6 Å². The quantitative estimate of drug-likeness (QED) is 0.305. The van der Waals surface area contributed by atoms with E-state index >= 15 is 0 Å². The molecule has 0 radical (unpaired) electrons. The number of thiazole rings is 1. The molecule has 2 aromatic carbocycles. The number of nitrogens with zero attached hydrogens (tertiary/aromatic N) is 1. The van der Waals surface area contributed by atoms with E-state index in [0.717, 1.165) is 55.6 Å². The van der Waals surface area contributed by atoms with E-state index in [1.54, 1.807) is 11.3 Å². The van der Waals surface area contributed by atoms with Crippen molar-refractivity contribution in [2.45, 2.75) is 26.7 Å². The third kappa shape index (κ3) is 4.06. The van der Waals surface area contributed by atoms with Gasteiger partial charge >= 0.3 is 5.97 Å². The third-order valence-corrected chi connectivity index (χ3v) is 7.02. The van der Waals surface area contributed by atoms with Crippen LogP contribution in [0.2, 0.25) is 0 Å². The molecule has 0 aliphatic carbocycles. The van der Waals surface area contributed by atoms with Crippen LogP contribution >= 0.6 is 11.3 Å². The van der Waals surface area contributed by atoms with Gasteiger partial charge in [0.15, 0.2) is 0 Å². The number of amides is 1. The average molecular weight is 470 g/mol. The number of aromatic nitrogens is 2. The SMILES string of the molecule is Cc1[nH]c(/C=C2\C(=O)Nc3ccc(-c4csc(-c5ccccc5)n4)cc32)c(C)c1CCC(=O)O. The van der Waals surface area contributed by atoms with Crippen LogP contribution in [0.25, 0.3) is 33.5 Å². The number of H-pyrrole nitrogens is 1. The molecule has 0 unspecified atom stereocenters. The van der Waals surface area contributed by atoms with Crippen molar-refractivity contribution in [2.75, 3.05) is 5.32 Å². The first-order valence-corrected chi connectivity index (χ1v) is 11.9. The molecule has 0 bridgehead atoms. The van der Waals surface area contributed by atoms with Crippen LogP contribution in [-0.2, 0) is 16.0 Å². The minimum atomic E-state index is -0.825. The molecule has 0 saturated heterocycles. The maximum absolute atomic E-state index is 12.8. The topological polar surface area (TPSA) is 95.1 Å². The second-order valence-electron chi connectivity index (χ2n) is 8.34. The van der Waals surface area contributed by atoms with E-state index in [1.165, 1.54) is 0 Å². The maximum atomic E-state index is 12.8. The van der Waals surface area contributed by atoms with Gasteiger partial charge in [-0.05, 0) is 49.6 Å². The predicted molar refractivity (Wildman–Crippen MR) is 136 cm³/mol. The summed E-state index contributed by atoms with van der Waals surface area (Å²) in [6.07, 6.45) is 2.38. The number of aromatic amines is 1. The molecule has 0 spiro atoms. The standard InChI is InChI=1S/C27H23N3O3S/c1-15-19(9-11-25(31)32)16(2)28-23(15)13-21-20-12-18(8-10-22(20)29-26(21)33)24-14-34-27(30-24)17-6-4-3-5-7-17/h3-8,10,12-14,28H,9,11H2,1-2H3,(H,29,33)(H,31,32)/b21-13-. The van der Waals surface area contributed by atoms with Gasteiger partial charge in [0.1, 0.15) is 5.01 Å². The summed E-state index contributed by atoms with van der Waals surface area (Å²) in [6.45, 7) is 3.89. The fourth-order valence-electron chi connectivity index (χ4n) is 4.32. The first-order chi connectivity index (χ1) is 16.4. The zero-order chi connectivity index (χ0) is 23.8. The summed E-state index contributed by atoms with van der Waals surface area (Å²) in [6, 6.07) is 15.9. The Kier molecular flexibility index (Phi) is 5.63. The van der Waals surface area contributed by atoms with Crippen LogP contribution < -0.4 is 5.32 Å². The highest BCUT2D eigenvalue weighted by molar-refractivity contribution is 7.13. The molecule has 170 valence electrons. The maximum Gasteiger partial charge on any atom is 0.303 e. The Hall–Kier alpha value is -3.97. The molecule has 0 atom stereocenters. The van der Waals surface area contributed by atoms with Crippen molar-refractivity contribution in [2.24, 2.45) is 0 Å². The van der Waals surface area contributed by atoms with E-state index in [2.05, 4.69) is 10.3 Å². The van der Waals surface area contributed by atoms with Crippen molar-refractivity contribution in [3.8, 4) is 21.8 Å². The van der Waals surface area contributed by atoms with Gasteiger partial charge in [0.2, 0.25) is 0 Å². The van der Waals surface area contributed by atoms with Crippen LogP contribution in [0.1, 0.15) is 34.5 Å². The number of hydrogen-bond donors (Lipinski definition) is 3. The van der Waals surface area contributed by atoms with Crippen LogP contribution in [-0.4, -0.2) is 27.0 Å². The van der Waals surface area contributed by atoms with Crippen molar-refractivity contribution in [1.82, 2.24) is 9.97 Å². The van der Waals surface area contributed by atoms with Crippen LogP contribution in [0, 0.1) is 13.8 Å². The number of benzene rings is 2. The zero-order valence-corrected chi connectivity index (χ0v) is 19.6. The minimum absolute atomic E-state index is 0.0703. The highest BCUT2D eigenvalue weighted by atomic mass is 32.1. The molecule has 6 nitrogen and oxygen atoms in total. The number of nitrogens with one attached hydrogen (secondary N) is 2. The second-order valence-corrected chi connectivity index (χ2v) is 9.20. The van der Waals surface area contributed by atoms with Gasteiger partial charge in [0.05, 0.1) is 11.3 Å². The second kappa shape index (κ2) is 8.76. The van der Waals surface area contributed by atoms with E-state index in [1.807, 2.05) is 73.8 Å². The zero-order valence-electron chi connectivity index (χ0n) is 18.8. The van der Waals surface area contributed by atoms with Crippen LogP contribution in [0.3, 0.4) is 0 Å². The third-order valence-electron chi connectivity index (χ3n) is 6.13. The normalized spacial score (nSPS) is 13.8. The first-order valence-electron chi connectivity index (χ1n) is 11.0. The van der Waals surface area contributed by atoms with Crippen LogP contribution in [0.15, 0.2) is 53.9 Å². The number of carboxylic acids is 1. The Labute approximate surface area is 201 Å². The number of carboxylic acid groups (broad SMARTS) is 1. The molecule has 0 saturated carbocycles. The van der Waals surface area contributed by atoms with E-state index < -0.39 is 5.97 Å². The highest BCUT2D eigenvalue weighted by Crippen LogP contribution is 2.38. The monoisotopic (exact) mass is 469 g/mol. The van der Waals surface area contributed by atoms with Crippen molar-refractivity contribution in [3.05, 3.63) is 82.0 Å². The molecule has 2 aromatic heterocycles. The fourth-order valence-corrected chi connectivity index (χ4v) is 5.16. The van der Waals surface area contributed by atoms with Crippen molar-refractivity contribution in [3.63, 3.8) is 0 Å². The average Bonchev–Trinajstić information content (AvgIpc) is 3.50. The van der Waals surface area contributed by atoms with Crippen LogP contribution in [0.5, 0.6) is 0 Å². The lowest BCUT2D eigenvalue weighted by Gasteiger charge is -2.03. The van der Waals surface area contributed by atoms with Gasteiger partial charge in [-0.2, -0.15) is 0 Å². The number of rotatable bonds is 6. The summed E-state index contributed by atoms with van der Waals surface area (Å²) >= 11 is 1.59. The molecule has 5 rings (SSSR count). The predicted octanol–water partition coefficient (Wildman–Crippen LogP) is 5.93. The van der Waals surface area contributed by atoms with Gasteiger partial charge in [-0.25, -0.2) is 4.98 Å². The lowest BCUT2D eigenvalue weighted by molar-refractivity contribution is -0.137. The largest absolute Gasteiger partial charge is 0.481 e. The Morgan fingerprint density at radius 2 is 1.91 bits per heavy atom. The molecule has 1 aliphatic heterocycles. The molecular formula is C27H23N3O3S. The summed E-state index contributed by atoms with van der Waals surface area (Å²) in [5.74, 6) is -0.983.